The molecule has 0 atom stereocenters. The van der Waals surface area contributed by atoms with Crippen LogP contribution in [0, 0.1) is 11.6 Å². The van der Waals surface area contributed by atoms with E-state index < -0.39 is 0 Å². The van der Waals surface area contributed by atoms with Crippen LogP contribution < -0.4 is 0 Å². The number of fused-ring (bicyclic) bond motifs is 1. The molecule has 2 heterocycles. The summed E-state index contributed by atoms with van der Waals surface area (Å²) in [5.41, 5.74) is 2.87. The van der Waals surface area contributed by atoms with Crippen molar-refractivity contribution in [3.63, 3.8) is 0 Å². The molecule has 0 amide bonds. The van der Waals surface area contributed by atoms with Gasteiger partial charge in [0.05, 0.1) is 29.2 Å². The average molecular weight is 478 g/mol. The zero-order valence-electron chi connectivity index (χ0n) is 18.7. The molecule has 1 aliphatic rings. The van der Waals surface area contributed by atoms with Gasteiger partial charge in [0.25, 0.3) is 0 Å². The van der Waals surface area contributed by atoms with Crippen LogP contribution in [0.25, 0.3) is 10.2 Å². The number of nitrogens with zero attached hydrogens (tertiary/aromatic N) is 3. The highest BCUT2D eigenvalue weighted by atomic mass is 32.1. The number of para-hydroxylation sites is 1. The minimum atomic E-state index is -0.280. The van der Waals surface area contributed by atoms with Crippen molar-refractivity contribution in [3.8, 4) is 0 Å². The first kappa shape index (κ1) is 22.8. The Morgan fingerprint density at radius 2 is 1.44 bits per heavy atom. The number of thiazole rings is 1. The first-order chi connectivity index (χ1) is 16.5. The number of Topliss-reactive ketones (excluding diaryl/α,β-unsaturated/α-hetero) is 1. The fourth-order valence-corrected chi connectivity index (χ4v) is 5.55. The van der Waals surface area contributed by atoms with Crippen molar-refractivity contribution in [2.24, 2.45) is 0 Å². The summed E-state index contributed by atoms with van der Waals surface area (Å²) < 4.78 is 28.2. The van der Waals surface area contributed by atoms with Crippen LogP contribution in [-0.2, 0) is 11.2 Å². The first-order valence-electron chi connectivity index (χ1n) is 11.4. The van der Waals surface area contributed by atoms with Crippen LogP contribution in [0.5, 0.6) is 0 Å². The van der Waals surface area contributed by atoms with Gasteiger partial charge in [0, 0.05) is 26.2 Å². The van der Waals surface area contributed by atoms with Crippen LogP contribution in [0.4, 0.5) is 8.78 Å². The van der Waals surface area contributed by atoms with E-state index in [0.717, 1.165) is 52.5 Å². The maximum absolute atomic E-state index is 13.5. The third-order valence-corrected chi connectivity index (χ3v) is 7.27. The molecule has 4 nitrogen and oxygen atoms in total. The molecule has 1 fully saturated rings. The molecule has 5 rings (SSSR count). The lowest BCUT2D eigenvalue weighted by Gasteiger charge is -2.39. The maximum atomic E-state index is 13.5. The van der Waals surface area contributed by atoms with Crippen LogP contribution in [-0.4, -0.2) is 53.3 Å². The average Bonchev–Trinajstić information content (AvgIpc) is 3.25. The molecule has 4 aromatic rings. The van der Waals surface area contributed by atoms with Crippen molar-refractivity contribution in [3.05, 3.63) is 101 Å². The van der Waals surface area contributed by atoms with Gasteiger partial charge >= 0.3 is 0 Å². The number of hydrogen-bond acceptors (Lipinski definition) is 5. The van der Waals surface area contributed by atoms with Crippen LogP contribution in [0.3, 0.4) is 0 Å². The van der Waals surface area contributed by atoms with Crippen molar-refractivity contribution in [2.45, 2.75) is 12.5 Å². The standard InChI is InChI=1S/C27H25F2N3OS/c28-21-9-5-19(6-10-21)27(20-7-11-22(29)12-8-20)32-15-13-31(14-16-32)18-23(33)17-26-30-24-3-1-2-4-25(24)34-26/h1-12,27H,13-18H2. The van der Waals surface area contributed by atoms with Crippen LogP contribution in [0.1, 0.15) is 22.2 Å². The molecule has 1 saturated heterocycles. The number of benzene rings is 3. The first-order valence-corrected chi connectivity index (χ1v) is 12.2. The highest BCUT2D eigenvalue weighted by Gasteiger charge is 2.27. The number of ketones is 1. The van der Waals surface area contributed by atoms with E-state index in [4.69, 9.17) is 0 Å². The summed E-state index contributed by atoms with van der Waals surface area (Å²) in [5.74, 6) is -0.391. The Morgan fingerprint density at radius 1 is 0.853 bits per heavy atom. The Bertz CT molecular complexity index is 1190. The summed E-state index contributed by atoms with van der Waals surface area (Å²) in [6.45, 7) is 3.43. The fraction of sp³-hybridized carbons (Fsp3) is 0.259. The van der Waals surface area contributed by atoms with Gasteiger partial charge in [-0.15, -0.1) is 11.3 Å². The van der Waals surface area contributed by atoms with Gasteiger partial charge in [-0.1, -0.05) is 36.4 Å². The zero-order valence-corrected chi connectivity index (χ0v) is 19.5. The molecule has 7 heteroatoms. The predicted molar refractivity (Wildman–Crippen MR) is 131 cm³/mol. The summed E-state index contributed by atoms with van der Waals surface area (Å²) in [4.78, 5) is 21.8. The number of halogens is 2. The molecule has 0 saturated carbocycles. The third kappa shape index (κ3) is 5.22. The number of carbonyl (C=O) groups excluding carboxylic acids is 1. The number of piperazine rings is 1. The third-order valence-electron chi connectivity index (χ3n) is 6.23. The van der Waals surface area contributed by atoms with Crippen molar-refractivity contribution >= 4 is 27.3 Å². The molecule has 1 aromatic heterocycles. The highest BCUT2D eigenvalue weighted by Crippen LogP contribution is 2.30. The van der Waals surface area contributed by atoms with E-state index in [2.05, 4.69) is 14.8 Å². The van der Waals surface area contributed by atoms with Gasteiger partial charge in [-0.3, -0.25) is 14.6 Å². The second kappa shape index (κ2) is 10.1. The van der Waals surface area contributed by atoms with Gasteiger partial charge in [-0.05, 0) is 47.5 Å². The Morgan fingerprint density at radius 3 is 2.03 bits per heavy atom. The molecule has 0 unspecified atom stereocenters. The zero-order chi connectivity index (χ0) is 23.5. The molecule has 174 valence electrons. The molecule has 1 aliphatic heterocycles. The molecule has 3 aromatic carbocycles. The molecule has 0 bridgehead atoms. The number of aromatic nitrogens is 1. The molecule has 34 heavy (non-hydrogen) atoms. The van der Waals surface area contributed by atoms with Gasteiger partial charge in [-0.25, -0.2) is 13.8 Å². The largest absolute Gasteiger partial charge is 0.298 e. The summed E-state index contributed by atoms with van der Waals surface area (Å²) in [7, 11) is 0. The van der Waals surface area contributed by atoms with Crippen LogP contribution in [0.15, 0.2) is 72.8 Å². The van der Waals surface area contributed by atoms with E-state index in [9.17, 15) is 13.6 Å². The van der Waals surface area contributed by atoms with Gasteiger partial charge in [0.1, 0.15) is 16.6 Å². The van der Waals surface area contributed by atoms with E-state index in [1.165, 1.54) is 24.3 Å². The maximum Gasteiger partial charge on any atom is 0.153 e. The summed E-state index contributed by atoms with van der Waals surface area (Å²) in [6, 6.07) is 20.8. The van der Waals surface area contributed by atoms with E-state index in [0.29, 0.717) is 13.0 Å². The van der Waals surface area contributed by atoms with E-state index in [1.807, 2.05) is 24.3 Å². The quantitative estimate of drug-likeness (QED) is 0.371. The molecular weight excluding hydrogens is 452 g/mol. The lowest BCUT2D eigenvalue weighted by Crippen LogP contribution is -2.49. The van der Waals surface area contributed by atoms with Crippen molar-refractivity contribution in [1.29, 1.82) is 0 Å². The fourth-order valence-electron chi connectivity index (χ4n) is 4.55. The predicted octanol–water partition coefficient (Wildman–Crippen LogP) is 5.09. The second-order valence-corrected chi connectivity index (χ2v) is 9.72. The Kier molecular flexibility index (Phi) is 6.76. The molecule has 0 aliphatic carbocycles. The summed E-state index contributed by atoms with van der Waals surface area (Å²) in [5, 5.41) is 0.859. The van der Waals surface area contributed by atoms with Crippen LogP contribution >= 0.6 is 11.3 Å². The lowest BCUT2D eigenvalue weighted by atomic mass is 9.96. The molecular formula is C27H25F2N3OS. The lowest BCUT2D eigenvalue weighted by molar-refractivity contribution is -0.120. The van der Waals surface area contributed by atoms with E-state index in [1.54, 1.807) is 35.6 Å². The van der Waals surface area contributed by atoms with Crippen LogP contribution in [0.2, 0.25) is 0 Å². The van der Waals surface area contributed by atoms with Gasteiger partial charge in [-0.2, -0.15) is 0 Å². The summed E-state index contributed by atoms with van der Waals surface area (Å²) in [6.07, 6.45) is 0.355. The Labute approximate surface area is 201 Å². The molecule has 0 N–H and O–H groups in total. The SMILES string of the molecule is O=C(Cc1nc2ccccc2s1)CN1CCN(C(c2ccc(F)cc2)c2ccc(F)cc2)CC1. The van der Waals surface area contributed by atoms with Crippen molar-refractivity contribution < 1.29 is 13.6 Å². The number of carbonyl (C=O) groups is 1. The van der Waals surface area contributed by atoms with E-state index in [-0.39, 0.29) is 23.5 Å². The summed E-state index contributed by atoms with van der Waals surface area (Å²) >= 11 is 1.58. The monoisotopic (exact) mass is 477 g/mol. The molecule has 0 spiro atoms. The van der Waals surface area contributed by atoms with Gasteiger partial charge in [0.2, 0.25) is 0 Å². The van der Waals surface area contributed by atoms with Crippen molar-refractivity contribution in [1.82, 2.24) is 14.8 Å². The topological polar surface area (TPSA) is 36.4 Å². The molecule has 0 radical (unpaired) electrons. The Balaban J connectivity index is 1.23. The number of rotatable bonds is 7. The Hall–Kier alpha value is -3.00. The van der Waals surface area contributed by atoms with Gasteiger partial charge in [0.15, 0.2) is 5.78 Å². The minimum absolute atomic E-state index is 0.0956. The minimum Gasteiger partial charge on any atom is -0.298 e. The van der Waals surface area contributed by atoms with E-state index >= 15 is 0 Å². The van der Waals surface area contributed by atoms with Crippen molar-refractivity contribution in [2.75, 3.05) is 32.7 Å². The second-order valence-electron chi connectivity index (χ2n) is 8.61. The smallest absolute Gasteiger partial charge is 0.153 e. The van der Waals surface area contributed by atoms with Gasteiger partial charge < -0.3 is 0 Å². The number of hydrogen-bond donors (Lipinski definition) is 0. The normalized spacial score (nSPS) is 15.3. The highest BCUT2D eigenvalue weighted by molar-refractivity contribution is 7.18.